The van der Waals surface area contributed by atoms with E-state index in [1.807, 2.05) is 0 Å². The molecular weight excluding hydrogens is 272 g/mol. The SMILES string of the molecule is COC(=O)c1c(N=C=S)sc(C(=O)N(C)C)c1C. The fourth-order valence-electron chi connectivity index (χ4n) is 1.37. The third kappa shape index (κ3) is 2.64. The van der Waals surface area contributed by atoms with Crippen LogP contribution in [0.25, 0.3) is 0 Å². The van der Waals surface area contributed by atoms with Crippen molar-refractivity contribution < 1.29 is 14.3 Å². The van der Waals surface area contributed by atoms with Crippen LogP contribution in [0.1, 0.15) is 25.6 Å². The minimum Gasteiger partial charge on any atom is -0.465 e. The van der Waals surface area contributed by atoms with E-state index in [0.29, 0.717) is 15.4 Å². The summed E-state index contributed by atoms with van der Waals surface area (Å²) >= 11 is 5.63. The Labute approximate surface area is 114 Å². The van der Waals surface area contributed by atoms with Gasteiger partial charge >= 0.3 is 5.97 Å². The van der Waals surface area contributed by atoms with Gasteiger partial charge in [-0.1, -0.05) is 0 Å². The monoisotopic (exact) mass is 284 g/mol. The number of hydrogen-bond acceptors (Lipinski definition) is 6. The topological polar surface area (TPSA) is 59.0 Å². The predicted molar refractivity (Wildman–Crippen MR) is 73.1 cm³/mol. The summed E-state index contributed by atoms with van der Waals surface area (Å²) in [7, 11) is 4.56. The Balaban J connectivity index is 3.46. The van der Waals surface area contributed by atoms with Crippen LogP contribution in [0.4, 0.5) is 5.00 Å². The molecule has 0 aliphatic heterocycles. The van der Waals surface area contributed by atoms with E-state index in [4.69, 9.17) is 0 Å². The van der Waals surface area contributed by atoms with Crippen LogP contribution >= 0.6 is 23.6 Å². The number of rotatable bonds is 3. The highest BCUT2D eigenvalue weighted by molar-refractivity contribution is 7.78. The number of isothiocyanates is 1. The van der Waals surface area contributed by atoms with E-state index in [-0.39, 0.29) is 11.5 Å². The first-order chi connectivity index (χ1) is 8.43. The molecular formula is C11H12N2O3S2. The normalized spacial score (nSPS) is 9.56. The van der Waals surface area contributed by atoms with Crippen molar-refractivity contribution in [2.45, 2.75) is 6.92 Å². The molecule has 0 aliphatic rings. The van der Waals surface area contributed by atoms with Gasteiger partial charge in [0.1, 0.15) is 10.6 Å². The third-order valence-electron chi connectivity index (χ3n) is 2.27. The van der Waals surface area contributed by atoms with Gasteiger partial charge in [0.25, 0.3) is 5.91 Å². The first-order valence-electron chi connectivity index (χ1n) is 4.95. The lowest BCUT2D eigenvalue weighted by molar-refractivity contribution is 0.0601. The van der Waals surface area contributed by atoms with Crippen molar-refractivity contribution in [2.24, 2.45) is 4.99 Å². The highest BCUT2D eigenvalue weighted by Gasteiger charge is 2.25. The number of carbonyl (C=O) groups is 2. The number of esters is 1. The average molecular weight is 284 g/mol. The third-order valence-corrected chi connectivity index (χ3v) is 3.53. The highest BCUT2D eigenvalue weighted by Crippen LogP contribution is 2.36. The second kappa shape index (κ2) is 5.86. The molecule has 0 fully saturated rings. The van der Waals surface area contributed by atoms with Crippen molar-refractivity contribution in [3.63, 3.8) is 0 Å². The molecule has 0 atom stereocenters. The summed E-state index contributed by atoms with van der Waals surface area (Å²) in [5.41, 5.74) is 0.819. The maximum absolute atomic E-state index is 11.9. The number of methoxy groups -OCH3 is 1. The predicted octanol–water partition coefficient (Wildman–Crippen LogP) is 2.28. The Morgan fingerprint density at radius 3 is 2.50 bits per heavy atom. The largest absolute Gasteiger partial charge is 0.465 e. The Morgan fingerprint density at radius 2 is 2.06 bits per heavy atom. The summed E-state index contributed by atoms with van der Waals surface area (Å²) in [6.45, 7) is 1.68. The Bertz CT molecular complexity index is 543. The Kier molecular flexibility index (Phi) is 4.72. The number of thiophene rings is 1. The Morgan fingerprint density at radius 1 is 1.44 bits per heavy atom. The summed E-state index contributed by atoms with van der Waals surface area (Å²) in [4.78, 5) is 29.3. The maximum atomic E-state index is 11.9. The van der Waals surface area contributed by atoms with Crippen molar-refractivity contribution in [3.05, 3.63) is 16.0 Å². The number of nitrogens with zero attached hydrogens (tertiary/aromatic N) is 2. The molecule has 1 aromatic rings. The van der Waals surface area contributed by atoms with Crippen LogP contribution in [0.3, 0.4) is 0 Å². The number of thiocarbonyl (C=S) groups is 1. The quantitative estimate of drug-likeness (QED) is 0.485. The molecule has 1 rings (SSSR count). The molecule has 1 aromatic heterocycles. The smallest absolute Gasteiger partial charge is 0.341 e. The van der Waals surface area contributed by atoms with E-state index >= 15 is 0 Å². The van der Waals surface area contributed by atoms with Crippen LogP contribution < -0.4 is 0 Å². The molecule has 0 aromatic carbocycles. The zero-order valence-electron chi connectivity index (χ0n) is 10.4. The van der Waals surface area contributed by atoms with E-state index < -0.39 is 5.97 Å². The molecule has 1 amide bonds. The molecule has 0 saturated carbocycles. The summed E-state index contributed by atoms with van der Waals surface area (Å²) in [6, 6.07) is 0. The van der Waals surface area contributed by atoms with Gasteiger partial charge in [-0.15, -0.1) is 11.3 Å². The molecule has 7 heteroatoms. The van der Waals surface area contributed by atoms with E-state index in [2.05, 4.69) is 27.1 Å². The molecule has 5 nitrogen and oxygen atoms in total. The van der Waals surface area contributed by atoms with Crippen LogP contribution in [0.2, 0.25) is 0 Å². The standard InChI is InChI=1S/C11H12N2O3S2/c1-6-7(11(15)16-4)9(12-5-17)18-8(6)10(14)13(2)3/h1-4H3. The molecule has 96 valence electrons. The number of ether oxygens (including phenoxy) is 1. The molecule has 18 heavy (non-hydrogen) atoms. The van der Waals surface area contributed by atoms with Gasteiger partial charge in [-0.05, 0) is 24.7 Å². The first-order valence-corrected chi connectivity index (χ1v) is 6.17. The lowest BCUT2D eigenvalue weighted by Gasteiger charge is -2.08. The van der Waals surface area contributed by atoms with Crippen LogP contribution in [-0.2, 0) is 4.74 Å². The van der Waals surface area contributed by atoms with Crippen molar-refractivity contribution in [1.82, 2.24) is 4.90 Å². The molecule has 0 bridgehead atoms. The van der Waals surface area contributed by atoms with Gasteiger partial charge in [0.05, 0.1) is 17.1 Å². The summed E-state index contributed by atoms with van der Waals surface area (Å²) in [5, 5.41) is 2.54. The summed E-state index contributed by atoms with van der Waals surface area (Å²) < 4.78 is 4.68. The van der Waals surface area contributed by atoms with E-state index in [1.165, 1.54) is 12.0 Å². The van der Waals surface area contributed by atoms with Crippen molar-refractivity contribution in [1.29, 1.82) is 0 Å². The van der Waals surface area contributed by atoms with E-state index in [0.717, 1.165) is 11.3 Å². The van der Waals surface area contributed by atoms with E-state index in [1.54, 1.807) is 21.0 Å². The number of amides is 1. The van der Waals surface area contributed by atoms with Crippen molar-refractivity contribution >= 4 is 45.6 Å². The summed E-state index contributed by atoms with van der Waals surface area (Å²) in [6.07, 6.45) is 0. The van der Waals surface area contributed by atoms with Gasteiger partial charge < -0.3 is 9.64 Å². The average Bonchev–Trinajstić information content (AvgIpc) is 2.65. The fourth-order valence-corrected chi connectivity index (χ4v) is 2.67. The minimum absolute atomic E-state index is 0.187. The molecule has 0 aliphatic carbocycles. The lowest BCUT2D eigenvalue weighted by Crippen LogP contribution is -2.21. The zero-order valence-corrected chi connectivity index (χ0v) is 12.1. The number of hydrogen-bond donors (Lipinski definition) is 0. The summed E-state index contributed by atoms with van der Waals surface area (Å²) in [5.74, 6) is -0.723. The van der Waals surface area contributed by atoms with Crippen LogP contribution in [0.5, 0.6) is 0 Å². The van der Waals surface area contributed by atoms with Gasteiger partial charge in [0, 0.05) is 14.1 Å². The minimum atomic E-state index is -0.537. The van der Waals surface area contributed by atoms with Crippen LogP contribution in [-0.4, -0.2) is 43.1 Å². The van der Waals surface area contributed by atoms with Crippen LogP contribution in [0, 0.1) is 6.92 Å². The second-order valence-electron chi connectivity index (χ2n) is 3.63. The van der Waals surface area contributed by atoms with Crippen molar-refractivity contribution in [2.75, 3.05) is 21.2 Å². The highest BCUT2D eigenvalue weighted by atomic mass is 32.1. The molecule has 0 unspecified atom stereocenters. The molecule has 0 saturated heterocycles. The van der Waals surface area contributed by atoms with Gasteiger partial charge in [-0.3, -0.25) is 4.79 Å². The maximum Gasteiger partial charge on any atom is 0.341 e. The molecule has 0 spiro atoms. The van der Waals surface area contributed by atoms with E-state index in [9.17, 15) is 9.59 Å². The number of aliphatic imine (C=N–C) groups is 1. The first kappa shape index (κ1) is 14.5. The van der Waals surface area contributed by atoms with Gasteiger partial charge in [-0.25, -0.2) is 4.79 Å². The van der Waals surface area contributed by atoms with Gasteiger partial charge in [0.2, 0.25) is 0 Å². The molecule has 0 N–H and O–H groups in total. The molecule has 0 radical (unpaired) electrons. The fraction of sp³-hybridized carbons (Fsp3) is 0.364. The van der Waals surface area contributed by atoms with Gasteiger partial charge in [-0.2, -0.15) is 4.99 Å². The van der Waals surface area contributed by atoms with Crippen LogP contribution in [0.15, 0.2) is 4.99 Å². The van der Waals surface area contributed by atoms with Crippen molar-refractivity contribution in [3.8, 4) is 0 Å². The Hall–Kier alpha value is -1.56. The second-order valence-corrected chi connectivity index (χ2v) is 4.81. The van der Waals surface area contributed by atoms with Gasteiger partial charge in [0.15, 0.2) is 0 Å². The molecule has 1 heterocycles. The lowest BCUT2D eigenvalue weighted by atomic mass is 10.1. The number of carbonyl (C=O) groups excluding carboxylic acids is 2. The zero-order chi connectivity index (χ0) is 13.9.